The Labute approximate surface area is 183 Å². The Kier molecular flexibility index (Phi) is 7.95. The molecule has 2 aromatic rings. The van der Waals surface area contributed by atoms with Gasteiger partial charge in [0.2, 0.25) is 0 Å². The Hall–Kier alpha value is -2.39. The van der Waals surface area contributed by atoms with Crippen molar-refractivity contribution in [3.63, 3.8) is 0 Å². The fourth-order valence-corrected chi connectivity index (χ4v) is 4.31. The maximum absolute atomic E-state index is 11.9. The smallest absolute Gasteiger partial charge is 0.407 e. The highest BCUT2D eigenvalue weighted by Gasteiger charge is 2.27. The fourth-order valence-electron chi connectivity index (χ4n) is 4.31. The van der Waals surface area contributed by atoms with E-state index in [9.17, 15) is 4.79 Å². The van der Waals surface area contributed by atoms with E-state index in [0.29, 0.717) is 13.3 Å². The Morgan fingerprint density at radius 3 is 2.26 bits per heavy atom. The van der Waals surface area contributed by atoms with Crippen molar-refractivity contribution in [2.75, 3.05) is 19.8 Å². The first-order valence-electron chi connectivity index (χ1n) is 11.6. The highest BCUT2D eigenvalue weighted by Crippen LogP contribution is 2.27. The standard InChI is InChI=1S/C22H34N6O3/c29-22(31-19-8-14-28-16-12-25-21(19)28)26-10-6-4-2-1-3-5-9-23-17-30-18-7-13-27-15-11-24-20(18)27/h11-12,15-16,18-19,23H,1-10,13-14,17H2,(H,26,29)/t18-,19-/m1/s1. The first-order chi connectivity index (χ1) is 15.3. The third-order valence-corrected chi connectivity index (χ3v) is 6.02. The van der Waals surface area contributed by atoms with Crippen molar-refractivity contribution in [2.24, 2.45) is 0 Å². The summed E-state index contributed by atoms with van der Waals surface area (Å²) in [5, 5.41) is 6.22. The normalized spacial score (nSPS) is 19.4. The van der Waals surface area contributed by atoms with E-state index in [-0.39, 0.29) is 18.3 Å². The number of aromatic nitrogens is 4. The lowest BCUT2D eigenvalue weighted by molar-refractivity contribution is 0.0384. The lowest BCUT2D eigenvalue weighted by Crippen LogP contribution is -2.26. The first-order valence-corrected chi connectivity index (χ1v) is 11.6. The predicted octanol–water partition coefficient (Wildman–Crippen LogP) is 3.30. The third kappa shape index (κ3) is 6.07. The number of unbranched alkanes of at least 4 members (excludes halogenated alkanes) is 5. The number of hydrogen-bond donors (Lipinski definition) is 2. The van der Waals surface area contributed by atoms with Crippen molar-refractivity contribution in [2.45, 2.75) is 76.7 Å². The number of rotatable bonds is 13. The molecule has 2 atom stereocenters. The summed E-state index contributed by atoms with van der Waals surface area (Å²) in [5.41, 5.74) is 0. The molecule has 0 spiro atoms. The minimum Gasteiger partial charge on any atom is -0.438 e. The van der Waals surface area contributed by atoms with Crippen LogP contribution in [0.2, 0.25) is 0 Å². The molecule has 9 heteroatoms. The van der Waals surface area contributed by atoms with Gasteiger partial charge in [-0.05, 0) is 25.8 Å². The van der Waals surface area contributed by atoms with Crippen LogP contribution in [0.3, 0.4) is 0 Å². The van der Waals surface area contributed by atoms with Gasteiger partial charge in [-0.25, -0.2) is 14.8 Å². The van der Waals surface area contributed by atoms with Crippen LogP contribution in [0, 0.1) is 0 Å². The molecule has 1 amide bonds. The lowest BCUT2D eigenvalue weighted by Gasteiger charge is -2.12. The van der Waals surface area contributed by atoms with Crippen molar-refractivity contribution >= 4 is 6.09 Å². The Morgan fingerprint density at radius 2 is 1.52 bits per heavy atom. The molecule has 0 bridgehead atoms. The van der Waals surface area contributed by atoms with Crippen LogP contribution in [0.4, 0.5) is 4.79 Å². The molecule has 4 rings (SSSR count). The van der Waals surface area contributed by atoms with Crippen LogP contribution in [0.25, 0.3) is 0 Å². The SMILES string of the molecule is O=C(NCCCCCCCCNCO[C@@H]1CCn2ccnc21)O[C@@H]1CCn2ccnc21. The first kappa shape index (κ1) is 21.8. The summed E-state index contributed by atoms with van der Waals surface area (Å²) in [7, 11) is 0. The number of nitrogens with zero attached hydrogens (tertiary/aromatic N) is 4. The quantitative estimate of drug-likeness (QED) is 0.374. The molecule has 0 fully saturated rings. The minimum atomic E-state index is -0.337. The minimum absolute atomic E-state index is 0.134. The van der Waals surface area contributed by atoms with Gasteiger partial charge in [0.25, 0.3) is 0 Å². The van der Waals surface area contributed by atoms with Gasteiger partial charge in [0.15, 0.2) is 6.10 Å². The lowest BCUT2D eigenvalue weighted by atomic mass is 10.1. The van der Waals surface area contributed by atoms with Crippen LogP contribution in [0.5, 0.6) is 0 Å². The van der Waals surface area contributed by atoms with Crippen LogP contribution in [0.15, 0.2) is 24.8 Å². The summed E-state index contributed by atoms with van der Waals surface area (Å²) >= 11 is 0. The zero-order valence-corrected chi connectivity index (χ0v) is 18.2. The summed E-state index contributed by atoms with van der Waals surface area (Å²) in [5.74, 6) is 1.90. The largest absolute Gasteiger partial charge is 0.438 e. The molecular weight excluding hydrogens is 396 g/mol. The second-order valence-corrected chi connectivity index (χ2v) is 8.28. The van der Waals surface area contributed by atoms with Crippen LogP contribution in [0.1, 0.15) is 75.2 Å². The van der Waals surface area contributed by atoms with Crippen LogP contribution in [-0.4, -0.2) is 45.0 Å². The van der Waals surface area contributed by atoms with Gasteiger partial charge in [-0.3, -0.25) is 5.32 Å². The summed E-state index contributed by atoms with van der Waals surface area (Å²) < 4.78 is 15.6. The van der Waals surface area contributed by atoms with E-state index in [4.69, 9.17) is 9.47 Å². The number of ether oxygens (including phenoxy) is 2. The molecule has 2 N–H and O–H groups in total. The number of hydrogen-bond acceptors (Lipinski definition) is 6. The van der Waals surface area contributed by atoms with Crippen molar-refractivity contribution in [3.8, 4) is 0 Å². The Balaban J connectivity index is 0.924. The maximum Gasteiger partial charge on any atom is 0.407 e. The Morgan fingerprint density at radius 1 is 0.903 bits per heavy atom. The van der Waals surface area contributed by atoms with Crippen LogP contribution < -0.4 is 10.6 Å². The van der Waals surface area contributed by atoms with Gasteiger partial charge in [-0.2, -0.15) is 0 Å². The maximum atomic E-state index is 11.9. The topological polar surface area (TPSA) is 95.2 Å². The zero-order valence-electron chi connectivity index (χ0n) is 18.2. The summed E-state index contributed by atoms with van der Waals surface area (Å²) in [6.45, 7) is 4.10. The number of amides is 1. The summed E-state index contributed by atoms with van der Waals surface area (Å²) in [4.78, 5) is 20.6. The van der Waals surface area contributed by atoms with E-state index in [0.717, 1.165) is 63.4 Å². The molecule has 4 heterocycles. The second kappa shape index (κ2) is 11.3. The highest BCUT2D eigenvalue weighted by atomic mass is 16.6. The number of carbonyl (C=O) groups is 1. The van der Waals surface area contributed by atoms with E-state index >= 15 is 0 Å². The summed E-state index contributed by atoms with van der Waals surface area (Å²) in [6, 6.07) is 0. The predicted molar refractivity (Wildman–Crippen MR) is 115 cm³/mol. The van der Waals surface area contributed by atoms with Crippen LogP contribution in [-0.2, 0) is 22.6 Å². The molecule has 0 saturated heterocycles. The van der Waals surface area contributed by atoms with Crippen molar-refractivity contribution in [3.05, 3.63) is 36.4 Å². The summed E-state index contributed by atoms with van der Waals surface area (Å²) in [6.07, 6.45) is 15.8. The van der Waals surface area contributed by atoms with Gasteiger partial charge >= 0.3 is 6.09 Å². The molecule has 31 heavy (non-hydrogen) atoms. The third-order valence-electron chi connectivity index (χ3n) is 6.02. The van der Waals surface area contributed by atoms with Gasteiger partial charge in [-0.15, -0.1) is 0 Å². The fraction of sp³-hybridized carbons (Fsp3) is 0.682. The molecule has 0 aliphatic carbocycles. The molecule has 0 saturated carbocycles. The van der Waals surface area contributed by atoms with E-state index in [1.165, 1.54) is 19.3 Å². The van der Waals surface area contributed by atoms with Crippen LogP contribution >= 0.6 is 0 Å². The number of imidazole rings is 2. The monoisotopic (exact) mass is 430 g/mol. The molecule has 2 aromatic heterocycles. The number of carbonyl (C=O) groups excluding carboxylic acids is 1. The van der Waals surface area contributed by atoms with Gasteiger partial charge in [0.1, 0.15) is 17.8 Å². The molecule has 2 aliphatic rings. The van der Waals surface area contributed by atoms with E-state index in [1.807, 2.05) is 23.2 Å². The number of nitrogens with one attached hydrogen (secondary N) is 2. The molecule has 0 unspecified atom stereocenters. The molecule has 9 nitrogen and oxygen atoms in total. The van der Waals surface area contributed by atoms with Gasteiger partial charge in [-0.1, -0.05) is 25.7 Å². The van der Waals surface area contributed by atoms with E-state index in [1.54, 1.807) is 6.20 Å². The number of fused-ring (bicyclic) bond motifs is 2. The van der Waals surface area contributed by atoms with E-state index in [2.05, 4.69) is 25.2 Å². The van der Waals surface area contributed by atoms with Gasteiger partial charge in [0.05, 0.1) is 6.73 Å². The van der Waals surface area contributed by atoms with Gasteiger partial charge < -0.3 is 23.9 Å². The zero-order chi connectivity index (χ0) is 21.3. The average Bonchev–Trinajstić information content (AvgIpc) is 3.53. The van der Waals surface area contributed by atoms with Crippen molar-refractivity contribution in [1.82, 2.24) is 29.7 Å². The molecule has 0 aromatic carbocycles. The Bertz CT molecular complexity index is 820. The number of alkyl carbamates (subject to hydrolysis) is 1. The second-order valence-electron chi connectivity index (χ2n) is 8.28. The highest BCUT2D eigenvalue weighted by molar-refractivity contribution is 5.67. The van der Waals surface area contributed by atoms with Gasteiger partial charge in [0, 0.05) is 50.8 Å². The molecular formula is C22H34N6O3. The van der Waals surface area contributed by atoms with Crippen molar-refractivity contribution in [1.29, 1.82) is 0 Å². The van der Waals surface area contributed by atoms with E-state index < -0.39 is 0 Å². The molecule has 2 aliphatic heterocycles. The average molecular weight is 431 g/mol. The number of aryl methyl sites for hydroxylation is 2. The van der Waals surface area contributed by atoms with Crippen molar-refractivity contribution < 1.29 is 14.3 Å². The molecule has 170 valence electrons. The molecule has 0 radical (unpaired) electrons.